The molecule has 0 spiro atoms. The van der Waals surface area contributed by atoms with Crippen LogP contribution in [0.15, 0.2) is 12.7 Å². The molecular weight excluding hydrogens is 192 g/mol. The predicted molar refractivity (Wildman–Crippen MR) is 48.0 cm³/mol. The highest BCUT2D eigenvalue weighted by molar-refractivity contribution is 6.67. The van der Waals surface area contributed by atoms with E-state index >= 15 is 0 Å². The minimum absolute atomic E-state index is 0.0403. The van der Waals surface area contributed by atoms with Crippen molar-refractivity contribution in [2.24, 2.45) is 0 Å². The normalized spacial score (nSPS) is 11.0. The van der Waals surface area contributed by atoms with Crippen molar-refractivity contribution in [3.05, 3.63) is 12.7 Å². The first-order valence-electron chi connectivity index (χ1n) is 3.64. The molecule has 76 valence electrons. The van der Waals surface area contributed by atoms with Gasteiger partial charge in [-0.2, -0.15) is 0 Å². The molecule has 0 rings (SSSR count). The summed E-state index contributed by atoms with van der Waals surface area (Å²) in [7, 11) is 0.0891. The monoisotopic (exact) mass is 206 g/mol. The largest absolute Gasteiger partial charge is 0.461 e. The summed E-state index contributed by atoms with van der Waals surface area (Å²) in [6, 6.07) is 0. The third-order valence-corrected chi connectivity index (χ3v) is 4.14. The van der Waals surface area contributed by atoms with Gasteiger partial charge in [-0.3, -0.25) is 0 Å². The Balaban J connectivity index is 4.09. The fourth-order valence-electron chi connectivity index (χ4n) is 0.616. The van der Waals surface area contributed by atoms with Crippen molar-refractivity contribution < 1.29 is 23.5 Å². The van der Waals surface area contributed by atoms with E-state index in [1.54, 1.807) is 0 Å². The molecule has 13 heavy (non-hydrogen) atoms. The van der Waals surface area contributed by atoms with Gasteiger partial charge >= 0.3 is 14.5 Å². The molecule has 5 nitrogen and oxygen atoms in total. The molecule has 0 aliphatic heterocycles. The topological polar surface area (TPSA) is 65.0 Å². The number of carbonyl (C=O) groups is 1. The fourth-order valence-corrected chi connectivity index (χ4v) is 1.73. The van der Waals surface area contributed by atoms with Crippen LogP contribution in [0.4, 0.5) is 0 Å². The molecule has 0 unspecified atom stereocenters. The van der Waals surface area contributed by atoms with Crippen LogP contribution in [-0.2, 0) is 18.4 Å². The summed E-state index contributed by atoms with van der Waals surface area (Å²) in [6.45, 7) is 3.24. The van der Waals surface area contributed by atoms with E-state index in [9.17, 15) is 4.79 Å². The molecule has 0 atom stereocenters. The van der Waals surface area contributed by atoms with Crippen LogP contribution >= 0.6 is 0 Å². The van der Waals surface area contributed by atoms with Crippen LogP contribution in [0.5, 0.6) is 0 Å². The predicted octanol–water partition coefficient (Wildman–Crippen LogP) is -0.479. The van der Waals surface area contributed by atoms with Crippen molar-refractivity contribution in [1.29, 1.82) is 0 Å². The molecule has 0 saturated heterocycles. The number of hydrogen-bond donors (Lipinski definition) is 1. The number of esters is 1. The zero-order chi connectivity index (χ0) is 10.3. The molecule has 0 radical (unpaired) electrons. The van der Waals surface area contributed by atoms with E-state index in [1.807, 2.05) is 0 Å². The summed E-state index contributed by atoms with van der Waals surface area (Å²) in [5, 5.41) is 8.96. The van der Waals surface area contributed by atoms with Crippen molar-refractivity contribution >= 4 is 14.5 Å². The molecule has 1 N–H and O–H groups in total. The maximum atomic E-state index is 10.7. The van der Waals surface area contributed by atoms with Gasteiger partial charge in [-0.05, 0) is 0 Å². The quantitative estimate of drug-likeness (QED) is 0.361. The molecule has 0 bridgehead atoms. The van der Waals surface area contributed by atoms with Gasteiger partial charge in [-0.1, -0.05) is 6.58 Å². The zero-order valence-electron chi connectivity index (χ0n) is 7.78. The Kier molecular flexibility index (Phi) is 5.56. The molecule has 0 aromatic rings. The van der Waals surface area contributed by atoms with Crippen molar-refractivity contribution in [1.82, 2.24) is 0 Å². The fraction of sp³-hybridized carbons (Fsp3) is 0.571. The Labute approximate surface area is 78.2 Å². The Hall–Kier alpha value is -0.693. The van der Waals surface area contributed by atoms with E-state index in [0.29, 0.717) is 0 Å². The van der Waals surface area contributed by atoms with Gasteiger partial charge in [0.2, 0.25) is 0 Å². The maximum Gasteiger partial charge on any atom is 0.403 e. The zero-order valence-corrected chi connectivity index (χ0v) is 8.78. The number of aliphatic hydroxyl groups is 1. The second-order valence-corrected chi connectivity index (χ2v) is 5.53. The highest BCUT2D eigenvalue weighted by atomic mass is 28.4. The van der Waals surface area contributed by atoms with Crippen molar-refractivity contribution in [3.63, 3.8) is 0 Å². The third-order valence-electron chi connectivity index (χ3n) is 1.59. The van der Waals surface area contributed by atoms with Crippen LogP contribution in [0.3, 0.4) is 0 Å². The van der Waals surface area contributed by atoms with E-state index in [4.69, 9.17) is 18.7 Å². The lowest BCUT2D eigenvalue weighted by molar-refractivity contribution is -0.136. The Bertz CT molecular complexity index is 169. The number of hydrogen-bond acceptors (Lipinski definition) is 5. The smallest absolute Gasteiger partial charge is 0.403 e. The summed E-state index contributed by atoms with van der Waals surface area (Å²) >= 11 is 0. The Morgan fingerprint density at radius 1 is 1.54 bits per heavy atom. The minimum Gasteiger partial charge on any atom is -0.461 e. The van der Waals surface area contributed by atoms with Crippen molar-refractivity contribution in [3.8, 4) is 0 Å². The lowest BCUT2D eigenvalue weighted by atomic mass is 10.7. The molecule has 0 aliphatic carbocycles. The van der Waals surface area contributed by atoms with E-state index in [-0.39, 0.29) is 12.5 Å². The average molecular weight is 206 g/mol. The number of aliphatic hydroxyl groups excluding tert-OH is 1. The van der Waals surface area contributed by atoms with Gasteiger partial charge in [0, 0.05) is 20.3 Å². The van der Waals surface area contributed by atoms with Gasteiger partial charge < -0.3 is 18.7 Å². The highest BCUT2D eigenvalue weighted by Crippen LogP contribution is 2.04. The first-order chi connectivity index (χ1) is 6.14. The average Bonchev–Trinajstić information content (AvgIpc) is 2.20. The van der Waals surface area contributed by atoms with Crippen LogP contribution in [0.1, 0.15) is 0 Å². The summed E-state index contributed by atoms with van der Waals surface area (Å²) in [6.07, 6.45) is 0.744. The molecule has 0 aromatic carbocycles. The lowest BCUT2D eigenvalue weighted by Crippen LogP contribution is -2.50. The standard InChI is InChI=1S/C7H14O5Si/c1-4-7(9)12-6-13(5-8,10-2)11-3/h4,8H,1,5-6H2,2-3H3. The third kappa shape index (κ3) is 3.68. The van der Waals surface area contributed by atoms with Crippen LogP contribution in [0.25, 0.3) is 0 Å². The molecule has 6 heteroatoms. The number of rotatable bonds is 6. The Morgan fingerprint density at radius 2 is 2.08 bits per heavy atom. The highest BCUT2D eigenvalue weighted by Gasteiger charge is 2.36. The van der Waals surface area contributed by atoms with Gasteiger partial charge in [-0.25, -0.2) is 4.79 Å². The Morgan fingerprint density at radius 3 is 2.38 bits per heavy atom. The summed E-state index contributed by atoms with van der Waals surface area (Å²) in [5.41, 5.74) is 0. The van der Waals surface area contributed by atoms with Crippen LogP contribution in [0, 0.1) is 0 Å². The van der Waals surface area contributed by atoms with Gasteiger partial charge in [-0.15, -0.1) is 0 Å². The molecule has 0 aliphatic rings. The second-order valence-electron chi connectivity index (χ2n) is 2.29. The summed E-state index contributed by atoms with van der Waals surface area (Å²) in [4.78, 5) is 10.7. The lowest BCUT2D eigenvalue weighted by Gasteiger charge is -2.23. The number of carbonyl (C=O) groups excluding carboxylic acids is 1. The minimum atomic E-state index is -2.73. The summed E-state index contributed by atoms with van der Waals surface area (Å²) < 4.78 is 14.7. The van der Waals surface area contributed by atoms with Gasteiger partial charge in [0.25, 0.3) is 0 Å². The first-order valence-corrected chi connectivity index (χ1v) is 5.87. The SMILES string of the molecule is C=CC(=O)OC[Si](CO)(OC)OC. The maximum absolute atomic E-state index is 10.7. The second kappa shape index (κ2) is 5.87. The summed E-state index contributed by atoms with van der Waals surface area (Å²) in [5.74, 6) is -0.556. The van der Waals surface area contributed by atoms with E-state index in [1.165, 1.54) is 14.2 Å². The van der Waals surface area contributed by atoms with Crippen molar-refractivity contribution in [2.75, 3.05) is 26.7 Å². The molecule has 0 fully saturated rings. The van der Waals surface area contributed by atoms with Crippen molar-refractivity contribution in [2.45, 2.75) is 0 Å². The molecule has 0 aromatic heterocycles. The molecule has 0 amide bonds. The van der Waals surface area contributed by atoms with Gasteiger partial charge in [0.05, 0.1) is 6.23 Å². The van der Waals surface area contributed by atoms with Crippen LogP contribution in [-0.4, -0.2) is 46.3 Å². The van der Waals surface area contributed by atoms with E-state index in [2.05, 4.69) is 6.58 Å². The van der Waals surface area contributed by atoms with E-state index < -0.39 is 14.5 Å². The molecule has 0 heterocycles. The van der Waals surface area contributed by atoms with Crippen LogP contribution < -0.4 is 0 Å². The van der Waals surface area contributed by atoms with E-state index in [0.717, 1.165) is 6.08 Å². The van der Waals surface area contributed by atoms with Gasteiger partial charge in [0.15, 0.2) is 0 Å². The first kappa shape index (κ1) is 12.3. The van der Waals surface area contributed by atoms with Gasteiger partial charge in [0.1, 0.15) is 6.23 Å². The van der Waals surface area contributed by atoms with Crippen LogP contribution in [0.2, 0.25) is 0 Å². The molecule has 0 saturated carbocycles. The molecular formula is C7H14O5Si. The number of ether oxygens (including phenoxy) is 1.